The summed E-state index contributed by atoms with van der Waals surface area (Å²) in [6.07, 6.45) is 5.22. The molecule has 0 amide bonds. The van der Waals surface area contributed by atoms with E-state index in [1.807, 2.05) is 10.6 Å². The molecule has 2 rings (SSSR count). The van der Waals surface area contributed by atoms with Gasteiger partial charge in [-0.25, -0.2) is 4.98 Å². The third-order valence-electron chi connectivity index (χ3n) is 2.45. The van der Waals surface area contributed by atoms with Crippen LogP contribution in [0.4, 0.5) is 0 Å². The van der Waals surface area contributed by atoms with Crippen molar-refractivity contribution in [3.05, 3.63) is 30.1 Å². The van der Waals surface area contributed by atoms with Crippen molar-refractivity contribution in [2.75, 3.05) is 0 Å². The third kappa shape index (κ3) is 1.60. The zero-order valence-electron chi connectivity index (χ0n) is 9.98. The highest BCUT2D eigenvalue weighted by Crippen LogP contribution is 2.24. The van der Waals surface area contributed by atoms with Gasteiger partial charge in [-0.1, -0.05) is 20.8 Å². The molecule has 0 radical (unpaired) electrons. The predicted octanol–water partition coefficient (Wildman–Crippen LogP) is 2.23. The fourth-order valence-corrected chi connectivity index (χ4v) is 1.73. The lowest BCUT2D eigenvalue weighted by atomic mass is 9.96. The van der Waals surface area contributed by atoms with Gasteiger partial charge in [0.2, 0.25) is 0 Å². The Labute approximate surface area is 94.3 Å². The first-order valence-electron chi connectivity index (χ1n) is 5.25. The molecule has 0 aromatic carbocycles. The van der Waals surface area contributed by atoms with Gasteiger partial charge in [-0.3, -0.25) is 14.2 Å². The van der Waals surface area contributed by atoms with E-state index in [1.165, 1.54) is 6.92 Å². The Morgan fingerprint density at radius 1 is 1.38 bits per heavy atom. The van der Waals surface area contributed by atoms with Crippen LogP contribution in [0.3, 0.4) is 0 Å². The van der Waals surface area contributed by atoms with Gasteiger partial charge in [0.15, 0.2) is 5.78 Å². The molecule has 84 valence electrons. The second-order valence-corrected chi connectivity index (χ2v) is 4.92. The molecule has 0 fully saturated rings. The minimum atomic E-state index is -0.0992. The molecule has 0 saturated carbocycles. The Morgan fingerprint density at radius 2 is 2.06 bits per heavy atom. The highest BCUT2D eigenvalue weighted by Gasteiger charge is 2.23. The van der Waals surface area contributed by atoms with E-state index in [4.69, 9.17) is 0 Å². The minimum Gasteiger partial charge on any atom is -0.300 e. The molecule has 0 saturated heterocycles. The molecule has 0 N–H and O–H groups in total. The third-order valence-corrected chi connectivity index (χ3v) is 2.45. The summed E-state index contributed by atoms with van der Waals surface area (Å²) in [7, 11) is 0. The largest absolute Gasteiger partial charge is 0.300 e. The Bertz CT molecular complexity index is 549. The van der Waals surface area contributed by atoms with Crippen LogP contribution in [0.5, 0.6) is 0 Å². The summed E-state index contributed by atoms with van der Waals surface area (Å²) in [6.45, 7) is 7.76. The summed E-state index contributed by atoms with van der Waals surface area (Å²) in [5, 5.41) is 0. The van der Waals surface area contributed by atoms with Gasteiger partial charge in [-0.15, -0.1) is 0 Å². The normalized spacial score (nSPS) is 12.0. The zero-order valence-corrected chi connectivity index (χ0v) is 9.98. The molecule has 0 aliphatic rings. The summed E-state index contributed by atoms with van der Waals surface area (Å²) >= 11 is 0. The van der Waals surface area contributed by atoms with Crippen molar-refractivity contribution in [1.29, 1.82) is 0 Å². The Balaban J connectivity index is 2.82. The molecule has 2 aromatic rings. The van der Waals surface area contributed by atoms with Gasteiger partial charge in [-0.2, -0.15) is 0 Å². The number of carbonyl (C=O) groups is 1. The topological polar surface area (TPSA) is 47.3 Å². The zero-order chi connectivity index (χ0) is 11.9. The van der Waals surface area contributed by atoms with E-state index in [0.29, 0.717) is 5.69 Å². The number of hydrogen-bond donors (Lipinski definition) is 0. The van der Waals surface area contributed by atoms with Crippen LogP contribution < -0.4 is 0 Å². The number of aromatic nitrogens is 3. The first-order chi connectivity index (χ1) is 7.41. The van der Waals surface area contributed by atoms with Crippen LogP contribution in [-0.4, -0.2) is 20.2 Å². The van der Waals surface area contributed by atoms with Crippen LogP contribution in [0.15, 0.2) is 18.6 Å². The summed E-state index contributed by atoms with van der Waals surface area (Å²) < 4.78 is 1.93. The van der Waals surface area contributed by atoms with Crippen LogP contribution in [0, 0.1) is 0 Å². The average Bonchev–Trinajstić information content (AvgIpc) is 2.56. The van der Waals surface area contributed by atoms with Crippen molar-refractivity contribution in [3.8, 4) is 0 Å². The number of imidazole rings is 1. The van der Waals surface area contributed by atoms with Gasteiger partial charge in [0.05, 0.1) is 11.7 Å². The van der Waals surface area contributed by atoms with Crippen molar-refractivity contribution < 1.29 is 4.79 Å². The van der Waals surface area contributed by atoms with Crippen LogP contribution in [0.2, 0.25) is 0 Å². The quantitative estimate of drug-likeness (QED) is 0.688. The van der Waals surface area contributed by atoms with Crippen LogP contribution in [0.25, 0.3) is 5.52 Å². The number of hydrogen-bond acceptors (Lipinski definition) is 3. The van der Waals surface area contributed by atoms with Gasteiger partial charge >= 0.3 is 0 Å². The molecule has 0 aliphatic heterocycles. The maximum absolute atomic E-state index is 11.5. The second kappa shape index (κ2) is 3.40. The second-order valence-electron chi connectivity index (χ2n) is 4.92. The fourth-order valence-electron chi connectivity index (χ4n) is 1.73. The number of Topliss-reactive ketones (excluding diaryl/α,β-unsaturated/α-hetero) is 1. The number of ketones is 1. The van der Waals surface area contributed by atoms with Crippen molar-refractivity contribution in [1.82, 2.24) is 14.4 Å². The van der Waals surface area contributed by atoms with Crippen molar-refractivity contribution >= 4 is 11.3 Å². The van der Waals surface area contributed by atoms with E-state index >= 15 is 0 Å². The molecule has 2 heterocycles. The SMILES string of the molecule is CC(=O)c1nc(C(C)(C)C)n2ccncc12. The van der Waals surface area contributed by atoms with Gasteiger partial charge in [0, 0.05) is 24.7 Å². The standard InChI is InChI=1S/C12H15N3O/c1-8(16)10-9-7-13-5-6-15(9)11(14-10)12(2,3)4/h5-7H,1-4H3. The van der Waals surface area contributed by atoms with Crippen LogP contribution in [0.1, 0.15) is 44.0 Å². The van der Waals surface area contributed by atoms with E-state index in [-0.39, 0.29) is 11.2 Å². The maximum atomic E-state index is 11.5. The van der Waals surface area contributed by atoms with Crippen LogP contribution >= 0.6 is 0 Å². The van der Waals surface area contributed by atoms with E-state index in [2.05, 4.69) is 30.7 Å². The molecule has 0 unspecified atom stereocenters. The molecule has 0 bridgehead atoms. The van der Waals surface area contributed by atoms with Gasteiger partial charge in [0.1, 0.15) is 11.5 Å². The molecule has 2 aromatic heterocycles. The smallest absolute Gasteiger partial charge is 0.180 e. The molecule has 4 nitrogen and oxygen atoms in total. The van der Waals surface area contributed by atoms with Crippen molar-refractivity contribution in [2.24, 2.45) is 0 Å². The summed E-state index contributed by atoms with van der Waals surface area (Å²) in [6, 6.07) is 0. The first-order valence-corrected chi connectivity index (χ1v) is 5.25. The molecular formula is C12H15N3O. The monoisotopic (exact) mass is 217 g/mol. The Kier molecular flexibility index (Phi) is 2.30. The average molecular weight is 217 g/mol. The lowest BCUT2D eigenvalue weighted by Gasteiger charge is -2.16. The summed E-state index contributed by atoms with van der Waals surface area (Å²) in [5.74, 6) is 0.858. The van der Waals surface area contributed by atoms with Crippen LogP contribution in [-0.2, 0) is 5.41 Å². The lowest BCUT2D eigenvalue weighted by molar-refractivity contribution is 0.101. The number of nitrogens with zero attached hydrogens (tertiary/aromatic N) is 3. The Hall–Kier alpha value is -1.71. The number of fused-ring (bicyclic) bond motifs is 1. The molecular weight excluding hydrogens is 202 g/mol. The van der Waals surface area contributed by atoms with E-state index in [1.54, 1.807) is 12.4 Å². The number of carbonyl (C=O) groups excluding carboxylic acids is 1. The minimum absolute atomic E-state index is 0.0269. The van der Waals surface area contributed by atoms with E-state index < -0.39 is 0 Å². The maximum Gasteiger partial charge on any atom is 0.180 e. The fraction of sp³-hybridized carbons (Fsp3) is 0.417. The molecule has 0 aliphatic carbocycles. The van der Waals surface area contributed by atoms with E-state index in [0.717, 1.165) is 11.3 Å². The first kappa shape index (κ1) is 10.8. The molecule has 16 heavy (non-hydrogen) atoms. The van der Waals surface area contributed by atoms with Crippen molar-refractivity contribution in [3.63, 3.8) is 0 Å². The number of rotatable bonds is 1. The van der Waals surface area contributed by atoms with Gasteiger partial charge in [0.25, 0.3) is 0 Å². The van der Waals surface area contributed by atoms with Gasteiger partial charge < -0.3 is 0 Å². The molecule has 0 atom stereocenters. The van der Waals surface area contributed by atoms with Gasteiger partial charge in [-0.05, 0) is 0 Å². The van der Waals surface area contributed by atoms with Crippen molar-refractivity contribution in [2.45, 2.75) is 33.1 Å². The summed E-state index contributed by atoms with van der Waals surface area (Å²) in [5.41, 5.74) is 1.18. The summed E-state index contributed by atoms with van der Waals surface area (Å²) in [4.78, 5) is 20.0. The highest BCUT2D eigenvalue weighted by molar-refractivity contribution is 5.98. The molecule has 4 heteroatoms. The van der Waals surface area contributed by atoms with E-state index in [9.17, 15) is 4.79 Å². The highest BCUT2D eigenvalue weighted by atomic mass is 16.1. The Morgan fingerprint density at radius 3 is 2.62 bits per heavy atom. The lowest BCUT2D eigenvalue weighted by Crippen LogP contribution is -2.15. The predicted molar refractivity (Wildman–Crippen MR) is 61.7 cm³/mol. The molecule has 0 spiro atoms.